The topological polar surface area (TPSA) is 111 Å². The van der Waals surface area contributed by atoms with Crippen LogP contribution < -0.4 is 4.74 Å². The van der Waals surface area contributed by atoms with Gasteiger partial charge in [0, 0.05) is 11.6 Å². The number of esters is 1. The molecule has 0 spiro atoms. The van der Waals surface area contributed by atoms with Crippen LogP contribution in [-0.4, -0.2) is 34.5 Å². The van der Waals surface area contributed by atoms with Crippen molar-refractivity contribution in [3.63, 3.8) is 0 Å². The molecule has 2 aromatic heterocycles. The molecule has 1 saturated carbocycles. The van der Waals surface area contributed by atoms with Gasteiger partial charge in [-0.2, -0.15) is 10.2 Å². The number of carbonyl (C=O) groups is 1. The predicted octanol–water partition coefficient (Wildman–Crippen LogP) is 3.97. The first-order valence-electron chi connectivity index (χ1n) is 9.26. The van der Waals surface area contributed by atoms with E-state index in [0.717, 1.165) is 18.5 Å². The van der Waals surface area contributed by atoms with E-state index in [2.05, 4.69) is 21.2 Å². The number of hydrogen-bond donors (Lipinski definition) is 0. The molecule has 0 aliphatic heterocycles. The molecule has 0 atom stereocenters. The molecule has 1 fully saturated rings. The van der Waals surface area contributed by atoms with Crippen LogP contribution in [0, 0.1) is 11.3 Å². The molecule has 2 heterocycles. The minimum Gasteiger partial charge on any atom is -0.496 e. The lowest BCUT2D eigenvalue weighted by molar-refractivity contribution is 0.0428. The highest BCUT2D eigenvalue weighted by atomic mass is 32.2. The van der Waals surface area contributed by atoms with Gasteiger partial charge in [-0.05, 0) is 37.3 Å². The van der Waals surface area contributed by atoms with Gasteiger partial charge >= 0.3 is 5.97 Å². The summed E-state index contributed by atoms with van der Waals surface area (Å²) in [6.07, 6.45) is 3.90. The maximum atomic E-state index is 12.7. The van der Waals surface area contributed by atoms with Gasteiger partial charge in [0.05, 0.1) is 23.8 Å². The van der Waals surface area contributed by atoms with Crippen molar-refractivity contribution in [1.82, 2.24) is 15.1 Å². The van der Waals surface area contributed by atoms with Crippen LogP contribution >= 0.6 is 11.8 Å². The third kappa shape index (κ3) is 4.00. The first-order chi connectivity index (χ1) is 14.6. The van der Waals surface area contributed by atoms with Gasteiger partial charge in [0.15, 0.2) is 6.61 Å². The Labute approximate surface area is 177 Å². The van der Waals surface area contributed by atoms with Crippen molar-refractivity contribution in [3.8, 4) is 23.2 Å². The van der Waals surface area contributed by atoms with Gasteiger partial charge in [0.2, 0.25) is 5.82 Å². The number of ether oxygens (including phenoxy) is 2. The summed E-state index contributed by atoms with van der Waals surface area (Å²) in [7, 11) is 1.56. The number of aromatic nitrogens is 3. The molecule has 0 unspecified atom stereocenters. The standard InChI is InChI=1S/C21H18N4O4S/c1-27-17-6-4-3-5-13(17)19-24-18(29-25-19)11-28-21(26)14-9-16(12-7-8-12)23-20(30-2)15(14)10-22/h3-6,9,12H,7-8,11H2,1-2H3. The summed E-state index contributed by atoms with van der Waals surface area (Å²) in [5.41, 5.74) is 1.92. The second-order valence-electron chi connectivity index (χ2n) is 6.65. The molecular formula is C21H18N4O4S. The molecule has 8 nitrogen and oxygen atoms in total. The van der Waals surface area contributed by atoms with Crippen LogP contribution in [0.5, 0.6) is 5.75 Å². The van der Waals surface area contributed by atoms with E-state index in [1.54, 1.807) is 25.3 Å². The number of carbonyl (C=O) groups excluding carboxylic acids is 1. The van der Waals surface area contributed by atoms with Gasteiger partial charge < -0.3 is 14.0 Å². The van der Waals surface area contributed by atoms with Gasteiger partial charge in [-0.15, -0.1) is 11.8 Å². The molecule has 0 bridgehead atoms. The van der Waals surface area contributed by atoms with E-state index >= 15 is 0 Å². The second-order valence-corrected chi connectivity index (χ2v) is 7.45. The zero-order valence-electron chi connectivity index (χ0n) is 16.4. The Morgan fingerprint density at radius 3 is 2.83 bits per heavy atom. The molecular weight excluding hydrogens is 404 g/mol. The van der Waals surface area contributed by atoms with Crippen LogP contribution in [0.3, 0.4) is 0 Å². The maximum absolute atomic E-state index is 12.7. The minimum atomic E-state index is -0.622. The molecule has 0 amide bonds. The normalized spacial score (nSPS) is 13.0. The van der Waals surface area contributed by atoms with Crippen molar-refractivity contribution in [2.75, 3.05) is 13.4 Å². The van der Waals surface area contributed by atoms with E-state index in [0.29, 0.717) is 28.1 Å². The fourth-order valence-corrected chi connectivity index (χ4v) is 3.56. The smallest absolute Gasteiger partial charge is 0.340 e. The van der Waals surface area contributed by atoms with Crippen molar-refractivity contribution < 1.29 is 18.8 Å². The van der Waals surface area contributed by atoms with E-state index in [9.17, 15) is 10.1 Å². The Morgan fingerprint density at radius 1 is 1.33 bits per heavy atom. The van der Waals surface area contributed by atoms with Gasteiger partial charge in [0.25, 0.3) is 5.89 Å². The first kappa shape index (κ1) is 19.9. The number of thioether (sulfide) groups is 1. The molecule has 0 saturated heterocycles. The summed E-state index contributed by atoms with van der Waals surface area (Å²) >= 11 is 1.34. The molecule has 4 rings (SSSR count). The molecule has 30 heavy (non-hydrogen) atoms. The van der Waals surface area contributed by atoms with Crippen molar-refractivity contribution in [2.45, 2.75) is 30.4 Å². The SMILES string of the molecule is COc1ccccc1-c1noc(COC(=O)c2cc(C3CC3)nc(SC)c2C#N)n1. The summed E-state index contributed by atoms with van der Waals surface area (Å²) < 4.78 is 15.9. The maximum Gasteiger partial charge on any atom is 0.340 e. The quantitative estimate of drug-likeness (QED) is 0.412. The summed E-state index contributed by atoms with van der Waals surface area (Å²) in [4.78, 5) is 21.5. The Kier molecular flexibility index (Phi) is 5.68. The first-order valence-corrected chi connectivity index (χ1v) is 10.5. The van der Waals surface area contributed by atoms with E-state index < -0.39 is 5.97 Å². The van der Waals surface area contributed by atoms with Crippen molar-refractivity contribution in [1.29, 1.82) is 5.26 Å². The number of rotatable bonds is 7. The van der Waals surface area contributed by atoms with Crippen LogP contribution in [0.2, 0.25) is 0 Å². The van der Waals surface area contributed by atoms with Gasteiger partial charge in [0.1, 0.15) is 16.8 Å². The Hall–Kier alpha value is -3.38. The lowest BCUT2D eigenvalue weighted by atomic mass is 10.1. The fourth-order valence-electron chi connectivity index (χ4n) is 3.00. The molecule has 1 aromatic carbocycles. The van der Waals surface area contributed by atoms with Crippen LogP contribution in [0.4, 0.5) is 0 Å². The van der Waals surface area contributed by atoms with Crippen LogP contribution in [0.15, 0.2) is 39.9 Å². The van der Waals surface area contributed by atoms with E-state index in [4.69, 9.17) is 14.0 Å². The van der Waals surface area contributed by atoms with Crippen LogP contribution in [-0.2, 0) is 11.3 Å². The van der Waals surface area contributed by atoms with E-state index in [1.165, 1.54) is 11.8 Å². The number of pyridine rings is 1. The second kappa shape index (κ2) is 8.55. The monoisotopic (exact) mass is 422 g/mol. The van der Waals surface area contributed by atoms with E-state index in [-0.39, 0.29) is 23.6 Å². The number of para-hydroxylation sites is 1. The van der Waals surface area contributed by atoms with Gasteiger partial charge in [-0.25, -0.2) is 9.78 Å². The number of methoxy groups -OCH3 is 1. The number of benzene rings is 1. The van der Waals surface area contributed by atoms with Crippen LogP contribution in [0.1, 0.15) is 46.3 Å². The van der Waals surface area contributed by atoms with Crippen molar-refractivity contribution >= 4 is 17.7 Å². The summed E-state index contributed by atoms with van der Waals surface area (Å²) in [5, 5.41) is 14.0. The molecule has 152 valence electrons. The lowest BCUT2D eigenvalue weighted by Crippen LogP contribution is -2.10. The Bertz CT molecular complexity index is 1130. The summed E-state index contributed by atoms with van der Waals surface area (Å²) in [6.45, 7) is -0.207. The fraction of sp³-hybridized carbons (Fsp3) is 0.286. The van der Waals surface area contributed by atoms with Crippen molar-refractivity contribution in [3.05, 3.63) is 53.0 Å². The number of hydrogen-bond acceptors (Lipinski definition) is 9. The number of nitrogens with zero attached hydrogens (tertiary/aromatic N) is 4. The third-order valence-electron chi connectivity index (χ3n) is 4.67. The zero-order valence-corrected chi connectivity index (χ0v) is 17.2. The average Bonchev–Trinajstić information content (AvgIpc) is 3.54. The zero-order chi connectivity index (χ0) is 21.1. The lowest BCUT2D eigenvalue weighted by Gasteiger charge is -2.09. The highest BCUT2D eigenvalue weighted by molar-refractivity contribution is 7.98. The predicted molar refractivity (Wildman–Crippen MR) is 108 cm³/mol. The molecule has 3 aromatic rings. The Balaban J connectivity index is 1.53. The molecule has 9 heteroatoms. The van der Waals surface area contributed by atoms with E-state index in [1.807, 2.05) is 18.4 Å². The highest BCUT2D eigenvalue weighted by Gasteiger charge is 2.29. The number of nitriles is 1. The summed E-state index contributed by atoms with van der Waals surface area (Å²) in [6, 6.07) is 11.0. The van der Waals surface area contributed by atoms with Gasteiger partial charge in [-0.3, -0.25) is 0 Å². The van der Waals surface area contributed by atoms with Gasteiger partial charge in [-0.1, -0.05) is 17.3 Å². The molecule has 0 radical (unpaired) electrons. The molecule has 0 N–H and O–H groups in total. The molecule has 1 aliphatic carbocycles. The summed E-state index contributed by atoms with van der Waals surface area (Å²) in [5.74, 6) is 0.803. The van der Waals surface area contributed by atoms with Crippen LogP contribution in [0.25, 0.3) is 11.4 Å². The average molecular weight is 422 g/mol. The minimum absolute atomic E-state index is 0.143. The third-order valence-corrected chi connectivity index (χ3v) is 5.35. The highest BCUT2D eigenvalue weighted by Crippen LogP contribution is 2.40. The largest absolute Gasteiger partial charge is 0.496 e. The molecule has 1 aliphatic rings. The van der Waals surface area contributed by atoms with Crippen molar-refractivity contribution in [2.24, 2.45) is 0 Å². The Morgan fingerprint density at radius 2 is 2.13 bits per heavy atom.